The minimum Gasteiger partial charge on any atom is -0.489 e. The summed E-state index contributed by atoms with van der Waals surface area (Å²) in [5.41, 5.74) is 2.02. The molecule has 6 heteroatoms. The highest BCUT2D eigenvalue weighted by molar-refractivity contribution is 5.55. The molecule has 128 valence electrons. The van der Waals surface area contributed by atoms with Crippen molar-refractivity contribution in [3.8, 4) is 17.1 Å². The number of nitrogens with one attached hydrogen (secondary N) is 1. The summed E-state index contributed by atoms with van der Waals surface area (Å²) in [6, 6.07) is 17.7. The Morgan fingerprint density at radius 2 is 1.92 bits per heavy atom. The predicted octanol–water partition coefficient (Wildman–Crippen LogP) is 2.98. The molecule has 0 saturated carbocycles. The summed E-state index contributed by atoms with van der Waals surface area (Å²) in [6.45, 7) is 2.73. The average molecular weight is 337 g/mol. The van der Waals surface area contributed by atoms with Crippen molar-refractivity contribution in [2.75, 3.05) is 19.7 Å². The van der Waals surface area contributed by atoms with Gasteiger partial charge in [-0.1, -0.05) is 35.5 Å². The SMILES string of the molecule is c1ccc(COc2ccc(-c3noc([C@H]4CNCCO4)n3)cc2)cc1. The number of morpholine rings is 1. The summed E-state index contributed by atoms with van der Waals surface area (Å²) < 4.78 is 16.8. The Morgan fingerprint density at radius 1 is 1.08 bits per heavy atom. The second kappa shape index (κ2) is 7.46. The standard InChI is InChI=1S/C19H19N3O3/c1-2-4-14(5-3-1)13-24-16-8-6-15(7-9-16)18-21-19(25-22-18)17-12-20-10-11-23-17/h1-9,17,20H,10-13H2/t17-/m1/s1. The molecule has 0 unspecified atom stereocenters. The maximum Gasteiger partial charge on any atom is 0.257 e. The first-order valence-electron chi connectivity index (χ1n) is 8.31. The Morgan fingerprint density at radius 3 is 2.68 bits per heavy atom. The van der Waals surface area contributed by atoms with E-state index in [1.54, 1.807) is 0 Å². The first-order valence-corrected chi connectivity index (χ1v) is 8.31. The van der Waals surface area contributed by atoms with Crippen molar-refractivity contribution in [1.29, 1.82) is 0 Å². The lowest BCUT2D eigenvalue weighted by Crippen LogP contribution is -2.33. The van der Waals surface area contributed by atoms with E-state index in [0.29, 0.717) is 31.5 Å². The fourth-order valence-electron chi connectivity index (χ4n) is 2.65. The largest absolute Gasteiger partial charge is 0.489 e. The third kappa shape index (κ3) is 3.87. The van der Waals surface area contributed by atoms with E-state index in [9.17, 15) is 0 Å². The minimum absolute atomic E-state index is 0.177. The molecule has 1 saturated heterocycles. The Hall–Kier alpha value is -2.70. The maximum absolute atomic E-state index is 5.79. The molecular weight excluding hydrogens is 318 g/mol. The second-order valence-electron chi connectivity index (χ2n) is 5.82. The molecule has 3 aromatic rings. The van der Waals surface area contributed by atoms with Crippen LogP contribution >= 0.6 is 0 Å². The summed E-state index contributed by atoms with van der Waals surface area (Å²) in [7, 11) is 0. The van der Waals surface area contributed by atoms with Crippen molar-refractivity contribution in [1.82, 2.24) is 15.5 Å². The molecule has 2 aromatic carbocycles. The minimum atomic E-state index is -0.177. The van der Waals surface area contributed by atoms with Crippen LogP contribution in [-0.2, 0) is 11.3 Å². The predicted molar refractivity (Wildman–Crippen MR) is 92.1 cm³/mol. The molecule has 0 spiro atoms. The van der Waals surface area contributed by atoms with Crippen LogP contribution in [0.3, 0.4) is 0 Å². The Balaban J connectivity index is 1.40. The van der Waals surface area contributed by atoms with Crippen LogP contribution in [0.1, 0.15) is 17.6 Å². The lowest BCUT2D eigenvalue weighted by molar-refractivity contribution is 0.00755. The van der Waals surface area contributed by atoms with Crippen LogP contribution in [-0.4, -0.2) is 29.8 Å². The zero-order chi connectivity index (χ0) is 16.9. The fourth-order valence-corrected chi connectivity index (χ4v) is 2.65. The van der Waals surface area contributed by atoms with Gasteiger partial charge < -0.3 is 19.3 Å². The fraction of sp³-hybridized carbons (Fsp3) is 0.263. The van der Waals surface area contributed by atoms with E-state index in [-0.39, 0.29) is 6.10 Å². The molecule has 2 heterocycles. The number of ether oxygens (including phenoxy) is 2. The van der Waals surface area contributed by atoms with Gasteiger partial charge in [-0.15, -0.1) is 0 Å². The average Bonchev–Trinajstić information content (AvgIpc) is 3.19. The van der Waals surface area contributed by atoms with Gasteiger partial charge in [0.2, 0.25) is 5.82 Å². The highest BCUT2D eigenvalue weighted by atomic mass is 16.5. The highest BCUT2D eigenvalue weighted by Crippen LogP contribution is 2.23. The van der Waals surface area contributed by atoms with Crippen LogP contribution in [0.15, 0.2) is 59.1 Å². The molecule has 4 rings (SSSR count). The first-order chi connectivity index (χ1) is 12.4. The molecule has 1 aliphatic heterocycles. The summed E-state index contributed by atoms with van der Waals surface area (Å²) in [4.78, 5) is 4.44. The molecular formula is C19H19N3O3. The maximum atomic E-state index is 5.79. The molecule has 0 aliphatic carbocycles. The van der Waals surface area contributed by atoms with Gasteiger partial charge in [-0.05, 0) is 29.8 Å². The number of hydrogen-bond acceptors (Lipinski definition) is 6. The first kappa shape index (κ1) is 15.8. The van der Waals surface area contributed by atoms with E-state index in [0.717, 1.165) is 23.4 Å². The van der Waals surface area contributed by atoms with Gasteiger partial charge >= 0.3 is 0 Å². The highest BCUT2D eigenvalue weighted by Gasteiger charge is 2.22. The van der Waals surface area contributed by atoms with Crippen molar-refractivity contribution in [2.45, 2.75) is 12.7 Å². The number of rotatable bonds is 5. The van der Waals surface area contributed by atoms with Gasteiger partial charge in [0.15, 0.2) is 0 Å². The van der Waals surface area contributed by atoms with Crippen LogP contribution < -0.4 is 10.1 Å². The van der Waals surface area contributed by atoms with Crippen molar-refractivity contribution in [3.63, 3.8) is 0 Å². The molecule has 0 amide bonds. The summed E-state index contributed by atoms with van der Waals surface area (Å²) in [5.74, 6) is 1.86. The van der Waals surface area contributed by atoms with E-state index in [4.69, 9.17) is 14.0 Å². The van der Waals surface area contributed by atoms with E-state index < -0.39 is 0 Å². The number of aromatic nitrogens is 2. The molecule has 1 aliphatic rings. The van der Waals surface area contributed by atoms with Crippen LogP contribution in [0.4, 0.5) is 0 Å². The third-order valence-electron chi connectivity index (χ3n) is 4.01. The van der Waals surface area contributed by atoms with Crippen molar-refractivity contribution >= 4 is 0 Å². The number of hydrogen-bond donors (Lipinski definition) is 1. The molecule has 1 fully saturated rings. The topological polar surface area (TPSA) is 69.4 Å². The summed E-state index contributed by atoms with van der Waals surface area (Å²) in [6.07, 6.45) is -0.177. The van der Waals surface area contributed by atoms with Gasteiger partial charge in [0.25, 0.3) is 5.89 Å². The van der Waals surface area contributed by atoms with E-state index in [1.807, 2.05) is 54.6 Å². The Labute approximate surface area is 145 Å². The Bertz CT molecular complexity index is 796. The zero-order valence-corrected chi connectivity index (χ0v) is 13.7. The smallest absolute Gasteiger partial charge is 0.257 e. The molecule has 1 N–H and O–H groups in total. The third-order valence-corrected chi connectivity index (χ3v) is 4.01. The zero-order valence-electron chi connectivity index (χ0n) is 13.7. The number of nitrogens with zero attached hydrogens (tertiary/aromatic N) is 2. The molecule has 25 heavy (non-hydrogen) atoms. The van der Waals surface area contributed by atoms with E-state index >= 15 is 0 Å². The van der Waals surface area contributed by atoms with Crippen molar-refractivity contribution in [3.05, 3.63) is 66.1 Å². The summed E-state index contributed by atoms with van der Waals surface area (Å²) >= 11 is 0. The monoisotopic (exact) mass is 337 g/mol. The van der Waals surface area contributed by atoms with E-state index in [1.165, 1.54) is 0 Å². The normalized spacial score (nSPS) is 17.4. The molecule has 0 radical (unpaired) electrons. The van der Waals surface area contributed by atoms with Crippen molar-refractivity contribution < 1.29 is 14.0 Å². The second-order valence-corrected chi connectivity index (χ2v) is 5.82. The lowest BCUT2D eigenvalue weighted by Gasteiger charge is -2.19. The van der Waals surface area contributed by atoms with E-state index in [2.05, 4.69) is 15.5 Å². The molecule has 0 bridgehead atoms. The molecule has 6 nitrogen and oxygen atoms in total. The number of benzene rings is 2. The van der Waals surface area contributed by atoms with Crippen molar-refractivity contribution in [2.24, 2.45) is 0 Å². The van der Waals surface area contributed by atoms with Gasteiger partial charge in [-0.2, -0.15) is 4.98 Å². The van der Waals surface area contributed by atoms with Crippen LogP contribution in [0.2, 0.25) is 0 Å². The molecule has 1 aromatic heterocycles. The molecule has 1 atom stereocenters. The van der Waals surface area contributed by atoms with Gasteiger partial charge in [0.1, 0.15) is 18.5 Å². The summed E-state index contributed by atoms with van der Waals surface area (Å²) in [5, 5.41) is 7.30. The van der Waals surface area contributed by atoms with Gasteiger partial charge in [0.05, 0.1) is 6.61 Å². The van der Waals surface area contributed by atoms with Gasteiger partial charge in [0, 0.05) is 18.7 Å². The van der Waals surface area contributed by atoms with Crippen LogP contribution in [0.5, 0.6) is 5.75 Å². The Kier molecular flexibility index (Phi) is 4.72. The quantitative estimate of drug-likeness (QED) is 0.772. The van der Waals surface area contributed by atoms with Gasteiger partial charge in [-0.3, -0.25) is 0 Å². The van der Waals surface area contributed by atoms with Crippen LogP contribution in [0.25, 0.3) is 11.4 Å². The van der Waals surface area contributed by atoms with Crippen LogP contribution in [0, 0.1) is 0 Å². The lowest BCUT2D eigenvalue weighted by atomic mass is 10.2. The van der Waals surface area contributed by atoms with Gasteiger partial charge in [-0.25, -0.2) is 0 Å².